The van der Waals surface area contributed by atoms with Gasteiger partial charge in [0.2, 0.25) is 0 Å². The van der Waals surface area contributed by atoms with Gasteiger partial charge in [0.15, 0.2) is 0 Å². The molecule has 0 saturated heterocycles. The van der Waals surface area contributed by atoms with Crippen molar-refractivity contribution in [2.24, 2.45) is 0 Å². The van der Waals surface area contributed by atoms with Crippen LogP contribution >= 0.6 is 0 Å². The van der Waals surface area contributed by atoms with E-state index in [4.69, 9.17) is 0 Å². The molecule has 12 heavy (non-hydrogen) atoms. The van der Waals surface area contributed by atoms with E-state index in [1.165, 1.54) is 44.9 Å². The molecular weight excluding hydrogens is 144 g/mol. The summed E-state index contributed by atoms with van der Waals surface area (Å²) in [5.41, 5.74) is 1.66. The topological polar surface area (TPSA) is 0 Å². The molecule has 0 heterocycles. The van der Waals surface area contributed by atoms with Crippen LogP contribution in [-0.2, 0) is 0 Å². The van der Waals surface area contributed by atoms with E-state index >= 15 is 0 Å². The van der Waals surface area contributed by atoms with Crippen LogP contribution in [0.15, 0.2) is 11.6 Å². The molecule has 0 fully saturated rings. The van der Waals surface area contributed by atoms with Crippen molar-refractivity contribution in [1.29, 1.82) is 0 Å². The minimum absolute atomic E-state index is 1.21. The largest absolute Gasteiger partial charge is 0.0856 e. The third-order valence-electron chi connectivity index (χ3n) is 2.30. The van der Waals surface area contributed by atoms with Gasteiger partial charge in [0.25, 0.3) is 0 Å². The first-order valence-electron chi connectivity index (χ1n) is 5.53. The summed E-state index contributed by atoms with van der Waals surface area (Å²) in [6.07, 6.45) is 11.8. The normalized spacial score (nSPS) is 12.1. The molecule has 0 radical (unpaired) electrons. The Balaban J connectivity index is 3.38. The van der Waals surface area contributed by atoms with Crippen molar-refractivity contribution in [2.75, 3.05) is 0 Å². The molecule has 0 amide bonds. The van der Waals surface area contributed by atoms with Crippen LogP contribution in [0.1, 0.15) is 65.7 Å². The zero-order valence-electron chi connectivity index (χ0n) is 9.03. The van der Waals surface area contributed by atoms with E-state index < -0.39 is 0 Å². The second kappa shape index (κ2) is 8.83. The lowest BCUT2D eigenvalue weighted by molar-refractivity contribution is 0.656. The fourth-order valence-electron chi connectivity index (χ4n) is 1.49. The maximum Gasteiger partial charge on any atom is -0.0320 e. The zero-order valence-corrected chi connectivity index (χ0v) is 9.03. The Hall–Kier alpha value is -0.260. The molecule has 0 atom stereocenters. The SMILES string of the molecule is CCC=C(CC)CCCCCC. The lowest BCUT2D eigenvalue weighted by Crippen LogP contribution is -1.83. The lowest BCUT2D eigenvalue weighted by atomic mass is 10.0. The number of hydrogen-bond acceptors (Lipinski definition) is 0. The van der Waals surface area contributed by atoms with Gasteiger partial charge >= 0.3 is 0 Å². The van der Waals surface area contributed by atoms with Gasteiger partial charge in [-0.3, -0.25) is 0 Å². The molecule has 0 bridgehead atoms. The first-order valence-corrected chi connectivity index (χ1v) is 5.53. The fourth-order valence-corrected chi connectivity index (χ4v) is 1.49. The van der Waals surface area contributed by atoms with Gasteiger partial charge in [-0.2, -0.15) is 0 Å². The summed E-state index contributed by atoms with van der Waals surface area (Å²) in [7, 11) is 0. The quantitative estimate of drug-likeness (QED) is 0.382. The highest BCUT2D eigenvalue weighted by Crippen LogP contribution is 2.13. The molecule has 0 N–H and O–H groups in total. The van der Waals surface area contributed by atoms with Crippen LogP contribution in [0.2, 0.25) is 0 Å². The van der Waals surface area contributed by atoms with Crippen molar-refractivity contribution in [2.45, 2.75) is 65.7 Å². The second-order valence-electron chi connectivity index (χ2n) is 3.43. The molecule has 0 saturated carbocycles. The van der Waals surface area contributed by atoms with E-state index in [1.807, 2.05) is 0 Å². The van der Waals surface area contributed by atoms with Crippen LogP contribution in [0.25, 0.3) is 0 Å². The average molecular weight is 168 g/mol. The van der Waals surface area contributed by atoms with E-state index in [9.17, 15) is 0 Å². The predicted molar refractivity (Wildman–Crippen MR) is 57.4 cm³/mol. The molecule has 0 nitrogen and oxygen atoms in total. The lowest BCUT2D eigenvalue weighted by Gasteiger charge is -2.03. The number of allylic oxidation sites excluding steroid dienone is 2. The minimum Gasteiger partial charge on any atom is -0.0856 e. The first kappa shape index (κ1) is 11.7. The Bertz CT molecular complexity index is 111. The second-order valence-corrected chi connectivity index (χ2v) is 3.43. The van der Waals surface area contributed by atoms with Crippen molar-refractivity contribution in [3.63, 3.8) is 0 Å². The highest BCUT2D eigenvalue weighted by atomic mass is 14.0. The third kappa shape index (κ3) is 6.45. The van der Waals surface area contributed by atoms with Gasteiger partial charge in [0.05, 0.1) is 0 Å². The maximum absolute atomic E-state index is 2.39. The van der Waals surface area contributed by atoms with Gasteiger partial charge in [0.1, 0.15) is 0 Å². The van der Waals surface area contributed by atoms with Crippen molar-refractivity contribution in [3.8, 4) is 0 Å². The monoisotopic (exact) mass is 168 g/mol. The molecule has 0 aromatic heterocycles. The van der Waals surface area contributed by atoms with E-state index in [0.717, 1.165) is 0 Å². The van der Waals surface area contributed by atoms with Crippen molar-refractivity contribution in [3.05, 3.63) is 11.6 Å². The van der Waals surface area contributed by atoms with Crippen LogP contribution in [0.4, 0.5) is 0 Å². The van der Waals surface area contributed by atoms with Crippen molar-refractivity contribution < 1.29 is 0 Å². The van der Waals surface area contributed by atoms with Crippen LogP contribution in [0, 0.1) is 0 Å². The molecule has 0 unspecified atom stereocenters. The maximum atomic E-state index is 2.39. The van der Waals surface area contributed by atoms with Gasteiger partial charge in [-0.15, -0.1) is 0 Å². The van der Waals surface area contributed by atoms with E-state index in [2.05, 4.69) is 26.8 Å². The molecule has 0 aliphatic carbocycles. The van der Waals surface area contributed by atoms with Gasteiger partial charge in [-0.25, -0.2) is 0 Å². The molecule has 0 rings (SSSR count). The smallest absolute Gasteiger partial charge is 0.0320 e. The van der Waals surface area contributed by atoms with E-state index in [0.29, 0.717) is 0 Å². The molecule has 0 heteroatoms. The Kier molecular flexibility index (Phi) is 8.64. The highest BCUT2D eigenvalue weighted by molar-refractivity contribution is 5.00. The zero-order chi connectivity index (χ0) is 9.23. The molecular formula is C12H24. The fraction of sp³-hybridized carbons (Fsp3) is 0.833. The number of hydrogen-bond donors (Lipinski definition) is 0. The highest BCUT2D eigenvalue weighted by Gasteiger charge is 1.93. The third-order valence-corrected chi connectivity index (χ3v) is 2.30. The van der Waals surface area contributed by atoms with Gasteiger partial charge in [0, 0.05) is 0 Å². The van der Waals surface area contributed by atoms with Crippen LogP contribution in [0.5, 0.6) is 0 Å². The molecule has 0 aliphatic rings. The summed E-state index contributed by atoms with van der Waals surface area (Å²) in [5.74, 6) is 0. The first-order chi connectivity index (χ1) is 5.85. The Morgan fingerprint density at radius 1 is 1.00 bits per heavy atom. The Morgan fingerprint density at radius 2 is 1.75 bits per heavy atom. The molecule has 0 aromatic carbocycles. The summed E-state index contributed by atoms with van der Waals surface area (Å²) in [5, 5.41) is 0. The summed E-state index contributed by atoms with van der Waals surface area (Å²) in [6.45, 7) is 6.76. The molecule has 72 valence electrons. The minimum atomic E-state index is 1.21. The summed E-state index contributed by atoms with van der Waals surface area (Å²) >= 11 is 0. The number of unbranched alkanes of at least 4 members (excludes halogenated alkanes) is 3. The standard InChI is InChI=1S/C12H24/c1-4-7-8-9-11-12(6-3)10-5-2/h10H,4-9,11H2,1-3H3. The predicted octanol–water partition coefficient (Wildman–Crippen LogP) is 4.70. The Morgan fingerprint density at radius 3 is 2.25 bits per heavy atom. The van der Waals surface area contributed by atoms with Crippen molar-refractivity contribution in [1.82, 2.24) is 0 Å². The van der Waals surface area contributed by atoms with E-state index in [1.54, 1.807) is 5.57 Å². The molecule has 0 aromatic rings. The van der Waals surface area contributed by atoms with Crippen LogP contribution in [0.3, 0.4) is 0 Å². The Labute approximate surface area is 78.1 Å². The average Bonchev–Trinajstić information content (AvgIpc) is 2.10. The summed E-state index contributed by atoms with van der Waals surface area (Å²) in [6, 6.07) is 0. The number of rotatable bonds is 7. The van der Waals surface area contributed by atoms with E-state index in [-0.39, 0.29) is 0 Å². The van der Waals surface area contributed by atoms with Crippen LogP contribution in [-0.4, -0.2) is 0 Å². The summed E-state index contributed by atoms with van der Waals surface area (Å²) < 4.78 is 0. The molecule has 0 spiro atoms. The molecule has 0 aliphatic heterocycles. The van der Waals surface area contributed by atoms with Gasteiger partial charge < -0.3 is 0 Å². The van der Waals surface area contributed by atoms with Crippen LogP contribution < -0.4 is 0 Å². The van der Waals surface area contributed by atoms with Gasteiger partial charge in [-0.05, 0) is 25.7 Å². The van der Waals surface area contributed by atoms with Gasteiger partial charge in [-0.1, -0.05) is 51.7 Å². The summed E-state index contributed by atoms with van der Waals surface area (Å²) in [4.78, 5) is 0. The van der Waals surface area contributed by atoms with Crippen molar-refractivity contribution >= 4 is 0 Å².